The predicted molar refractivity (Wildman–Crippen MR) is 105 cm³/mol. The van der Waals surface area contributed by atoms with E-state index in [-0.39, 0.29) is 17.9 Å². The van der Waals surface area contributed by atoms with Crippen LogP contribution in [-0.2, 0) is 16.1 Å². The Bertz CT molecular complexity index is 879. The van der Waals surface area contributed by atoms with Gasteiger partial charge in [-0.25, -0.2) is 4.79 Å². The summed E-state index contributed by atoms with van der Waals surface area (Å²) in [7, 11) is 1.31. The van der Waals surface area contributed by atoms with Crippen LogP contribution in [0, 0.1) is 0 Å². The van der Waals surface area contributed by atoms with E-state index < -0.39 is 5.97 Å². The highest BCUT2D eigenvalue weighted by atomic mass is 16.5. The molecule has 2 amide bonds. The molecule has 1 unspecified atom stereocenters. The van der Waals surface area contributed by atoms with Crippen molar-refractivity contribution in [3.63, 3.8) is 0 Å². The first-order valence-electron chi connectivity index (χ1n) is 9.10. The molecule has 1 atom stereocenters. The number of benzene rings is 2. The molecule has 1 heterocycles. The molecule has 1 aliphatic rings. The standard InChI is InChI=1S/C21H23N3O4/c1-28-21(27)15-10-8-14(9-11-15)20(26)23-17-6-3-2-5-16(17)13-24-12-4-7-18(24)19(22)25/h2-3,5-6,8-11,18H,4,7,12-13H2,1H3,(H2,22,25)(H,23,26). The Labute approximate surface area is 163 Å². The first kappa shape index (κ1) is 19.6. The van der Waals surface area contributed by atoms with Crippen LogP contribution >= 0.6 is 0 Å². The average molecular weight is 381 g/mol. The zero-order valence-corrected chi connectivity index (χ0v) is 15.7. The van der Waals surface area contributed by atoms with Crippen LogP contribution in [0.4, 0.5) is 5.69 Å². The smallest absolute Gasteiger partial charge is 0.337 e. The molecule has 0 aliphatic carbocycles. The molecule has 0 aromatic heterocycles. The third-order valence-corrected chi connectivity index (χ3v) is 4.90. The summed E-state index contributed by atoms with van der Waals surface area (Å²) in [5.41, 5.74) is 7.90. The maximum absolute atomic E-state index is 12.6. The molecule has 146 valence electrons. The second-order valence-corrected chi connectivity index (χ2v) is 6.71. The van der Waals surface area contributed by atoms with E-state index in [2.05, 4.69) is 10.1 Å². The monoisotopic (exact) mass is 381 g/mol. The van der Waals surface area contributed by atoms with Gasteiger partial charge >= 0.3 is 5.97 Å². The van der Waals surface area contributed by atoms with Crippen molar-refractivity contribution in [3.8, 4) is 0 Å². The Balaban J connectivity index is 1.73. The lowest BCUT2D eigenvalue weighted by Gasteiger charge is -2.23. The number of primary amides is 1. The highest BCUT2D eigenvalue weighted by Crippen LogP contribution is 2.24. The number of carbonyl (C=O) groups is 3. The van der Waals surface area contributed by atoms with Crippen LogP contribution in [-0.4, -0.2) is 42.4 Å². The molecule has 0 bridgehead atoms. The molecule has 0 spiro atoms. The molecule has 3 rings (SSSR count). The number of likely N-dealkylation sites (tertiary alicyclic amines) is 1. The summed E-state index contributed by atoms with van der Waals surface area (Å²) in [5.74, 6) is -1.05. The van der Waals surface area contributed by atoms with Gasteiger partial charge in [-0.15, -0.1) is 0 Å². The molecule has 2 aromatic carbocycles. The van der Waals surface area contributed by atoms with Gasteiger partial charge in [0.2, 0.25) is 5.91 Å². The molecule has 7 nitrogen and oxygen atoms in total. The lowest BCUT2D eigenvalue weighted by Crippen LogP contribution is -2.39. The van der Waals surface area contributed by atoms with Crippen LogP contribution in [0.25, 0.3) is 0 Å². The molecule has 7 heteroatoms. The third-order valence-electron chi connectivity index (χ3n) is 4.90. The highest BCUT2D eigenvalue weighted by Gasteiger charge is 2.29. The minimum absolute atomic E-state index is 0.269. The lowest BCUT2D eigenvalue weighted by molar-refractivity contribution is -0.122. The van der Waals surface area contributed by atoms with Crippen molar-refractivity contribution in [2.75, 3.05) is 19.0 Å². The maximum Gasteiger partial charge on any atom is 0.337 e. The van der Waals surface area contributed by atoms with Crippen molar-refractivity contribution >= 4 is 23.5 Å². The zero-order valence-electron chi connectivity index (χ0n) is 15.7. The zero-order chi connectivity index (χ0) is 20.1. The van der Waals surface area contributed by atoms with E-state index in [1.54, 1.807) is 24.3 Å². The van der Waals surface area contributed by atoms with Gasteiger partial charge in [-0.05, 0) is 55.3 Å². The van der Waals surface area contributed by atoms with Crippen LogP contribution in [0.1, 0.15) is 39.1 Å². The van der Waals surface area contributed by atoms with Gasteiger partial charge < -0.3 is 15.8 Å². The molecule has 3 N–H and O–H groups in total. The number of rotatable bonds is 6. The first-order valence-corrected chi connectivity index (χ1v) is 9.10. The first-order chi connectivity index (χ1) is 13.5. The summed E-state index contributed by atoms with van der Waals surface area (Å²) in [6.07, 6.45) is 1.69. The lowest BCUT2D eigenvalue weighted by atomic mass is 10.1. The number of nitrogens with zero attached hydrogens (tertiary/aromatic N) is 1. The molecule has 1 fully saturated rings. The maximum atomic E-state index is 12.6. The predicted octanol–water partition coefficient (Wildman–Crippen LogP) is 2.18. The molecule has 28 heavy (non-hydrogen) atoms. The van der Waals surface area contributed by atoms with Crippen LogP contribution in [0.5, 0.6) is 0 Å². The fraction of sp³-hybridized carbons (Fsp3) is 0.286. The van der Waals surface area contributed by atoms with Crippen molar-refractivity contribution in [2.24, 2.45) is 5.73 Å². The fourth-order valence-corrected chi connectivity index (χ4v) is 3.41. The van der Waals surface area contributed by atoms with Crippen molar-refractivity contribution < 1.29 is 19.1 Å². The normalized spacial score (nSPS) is 16.5. The summed E-state index contributed by atoms with van der Waals surface area (Å²) < 4.78 is 4.66. The minimum atomic E-state index is -0.452. The summed E-state index contributed by atoms with van der Waals surface area (Å²) in [6, 6.07) is 13.5. The largest absolute Gasteiger partial charge is 0.465 e. The van der Waals surface area contributed by atoms with Crippen LogP contribution < -0.4 is 11.1 Å². The summed E-state index contributed by atoms with van der Waals surface area (Å²) >= 11 is 0. The van der Waals surface area contributed by atoms with Crippen LogP contribution in [0.15, 0.2) is 48.5 Å². The molecule has 0 radical (unpaired) electrons. The number of hydrogen-bond donors (Lipinski definition) is 2. The van der Waals surface area contributed by atoms with Gasteiger partial charge in [-0.1, -0.05) is 18.2 Å². The Morgan fingerprint density at radius 2 is 1.79 bits per heavy atom. The number of methoxy groups -OCH3 is 1. The van der Waals surface area contributed by atoms with Gasteiger partial charge in [0.05, 0.1) is 18.7 Å². The number of nitrogens with one attached hydrogen (secondary N) is 1. The Morgan fingerprint density at radius 1 is 1.11 bits per heavy atom. The van der Waals surface area contributed by atoms with Gasteiger partial charge in [-0.3, -0.25) is 14.5 Å². The van der Waals surface area contributed by atoms with E-state index >= 15 is 0 Å². The molecule has 0 saturated carbocycles. The number of carbonyl (C=O) groups excluding carboxylic acids is 3. The molecular weight excluding hydrogens is 358 g/mol. The minimum Gasteiger partial charge on any atom is -0.465 e. The van der Waals surface area contributed by atoms with Gasteiger partial charge in [0.25, 0.3) is 5.91 Å². The fourth-order valence-electron chi connectivity index (χ4n) is 3.41. The van der Waals surface area contributed by atoms with E-state index in [4.69, 9.17) is 5.73 Å². The second kappa shape index (κ2) is 8.67. The second-order valence-electron chi connectivity index (χ2n) is 6.71. The Hall–Kier alpha value is -3.19. The summed E-state index contributed by atoms with van der Waals surface area (Å²) in [6.45, 7) is 1.33. The topological polar surface area (TPSA) is 102 Å². The van der Waals surface area contributed by atoms with Crippen LogP contribution in [0.3, 0.4) is 0 Å². The number of esters is 1. The van der Waals surface area contributed by atoms with Crippen molar-refractivity contribution in [2.45, 2.75) is 25.4 Å². The molecular formula is C21H23N3O4. The highest BCUT2D eigenvalue weighted by molar-refractivity contribution is 6.05. The van der Waals surface area contributed by atoms with Crippen molar-refractivity contribution in [1.29, 1.82) is 0 Å². The molecule has 2 aromatic rings. The van der Waals surface area contributed by atoms with E-state index in [1.807, 2.05) is 29.2 Å². The van der Waals surface area contributed by atoms with E-state index in [9.17, 15) is 14.4 Å². The number of hydrogen-bond acceptors (Lipinski definition) is 5. The van der Waals surface area contributed by atoms with Gasteiger partial charge in [-0.2, -0.15) is 0 Å². The number of ether oxygens (including phenoxy) is 1. The Morgan fingerprint density at radius 3 is 2.46 bits per heavy atom. The number of para-hydroxylation sites is 1. The summed E-state index contributed by atoms with van der Waals surface area (Å²) in [4.78, 5) is 37.8. The average Bonchev–Trinajstić information content (AvgIpc) is 3.17. The summed E-state index contributed by atoms with van der Waals surface area (Å²) in [5, 5.41) is 2.91. The number of nitrogens with two attached hydrogens (primary N) is 1. The number of anilines is 1. The molecule has 1 saturated heterocycles. The molecule has 1 aliphatic heterocycles. The Kier molecular flexibility index (Phi) is 6.06. The van der Waals surface area contributed by atoms with E-state index in [1.165, 1.54) is 7.11 Å². The van der Waals surface area contributed by atoms with Crippen molar-refractivity contribution in [3.05, 3.63) is 65.2 Å². The van der Waals surface area contributed by atoms with Gasteiger partial charge in [0.1, 0.15) is 0 Å². The van der Waals surface area contributed by atoms with Gasteiger partial charge in [0.15, 0.2) is 0 Å². The van der Waals surface area contributed by atoms with E-state index in [0.717, 1.165) is 24.9 Å². The third kappa shape index (κ3) is 4.37. The van der Waals surface area contributed by atoms with Gasteiger partial charge in [0, 0.05) is 17.8 Å². The number of amides is 2. The SMILES string of the molecule is COC(=O)c1ccc(C(=O)Nc2ccccc2CN2CCCC2C(N)=O)cc1. The van der Waals surface area contributed by atoms with Crippen LogP contribution in [0.2, 0.25) is 0 Å². The van der Waals surface area contributed by atoms with Crippen molar-refractivity contribution in [1.82, 2.24) is 4.90 Å². The van der Waals surface area contributed by atoms with E-state index in [0.29, 0.717) is 23.4 Å². The quantitative estimate of drug-likeness (QED) is 0.747.